The van der Waals surface area contributed by atoms with Gasteiger partial charge in [0.1, 0.15) is 0 Å². The Labute approximate surface area is 169 Å². The molecule has 1 N–H and O–H groups in total. The molecule has 5 nitrogen and oxygen atoms in total. The fourth-order valence-corrected chi connectivity index (χ4v) is 2.86. The van der Waals surface area contributed by atoms with Crippen LogP contribution in [0.2, 0.25) is 5.02 Å². The number of aliphatic imine (C=N–C) groups is 1. The molecule has 0 aromatic heterocycles. The Morgan fingerprint density at radius 1 is 1.00 bits per heavy atom. The summed E-state index contributed by atoms with van der Waals surface area (Å²) in [6.07, 6.45) is 21.1. The summed E-state index contributed by atoms with van der Waals surface area (Å²) >= 11 is 6.22. The number of fused-ring (bicyclic) bond motifs is 1. The van der Waals surface area contributed by atoms with Crippen LogP contribution in [0.25, 0.3) is 0 Å². The molecule has 3 rings (SSSR count). The van der Waals surface area contributed by atoms with E-state index in [1.54, 1.807) is 29.5 Å². The summed E-state index contributed by atoms with van der Waals surface area (Å²) in [6, 6.07) is 5.67. The molecule has 2 aliphatic rings. The molecule has 1 aromatic rings. The van der Waals surface area contributed by atoms with Gasteiger partial charge in [0.25, 0.3) is 0 Å². The minimum atomic E-state index is -0.468. The predicted molar refractivity (Wildman–Crippen MR) is 113 cm³/mol. The van der Waals surface area contributed by atoms with Crippen molar-refractivity contribution in [2.24, 2.45) is 4.99 Å². The second kappa shape index (κ2) is 10.1. The molecule has 0 saturated carbocycles. The number of rotatable bonds is 1. The van der Waals surface area contributed by atoms with E-state index in [1.807, 2.05) is 60.7 Å². The SMILES string of the molecule is O=C(OC1=CN=CC=CC=CC=CC=CC=CN1)N1Cc2cccc(Cl)c2C1. The largest absolute Gasteiger partial charge is 0.417 e. The van der Waals surface area contributed by atoms with Crippen molar-refractivity contribution in [2.45, 2.75) is 13.1 Å². The summed E-state index contributed by atoms with van der Waals surface area (Å²) in [7, 11) is 0. The molecule has 142 valence electrons. The summed E-state index contributed by atoms with van der Waals surface area (Å²) in [5.41, 5.74) is 1.99. The summed E-state index contributed by atoms with van der Waals surface area (Å²) < 4.78 is 5.48. The Bertz CT molecular complexity index is 924. The lowest BCUT2D eigenvalue weighted by Crippen LogP contribution is -2.28. The number of benzene rings is 1. The summed E-state index contributed by atoms with van der Waals surface area (Å²) in [4.78, 5) is 18.3. The highest BCUT2D eigenvalue weighted by molar-refractivity contribution is 6.31. The van der Waals surface area contributed by atoms with Crippen molar-refractivity contribution in [3.8, 4) is 0 Å². The number of ether oxygens (including phenoxy) is 1. The number of nitrogens with zero attached hydrogens (tertiary/aromatic N) is 2. The third kappa shape index (κ3) is 5.59. The van der Waals surface area contributed by atoms with E-state index in [2.05, 4.69) is 10.3 Å². The van der Waals surface area contributed by atoms with E-state index < -0.39 is 6.09 Å². The van der Waals surface area contributed by atoms with E-state index in [0.29, 0.717) is 18.1 Å². The van der Waals surface area contributed by atoms with Crippen LogP contribution >= 0.6 is 11.6 Å². The lowest BCUT2D eigenvalue weighted by atomic mass is 10.1. The molecular weight excluding hydrogens is 374 g/mol. The van der Waals surface area contributed by atoms with Crippen LogP contribution in [0.4, 0.5) is 4.79 Å². The first kappa shape index (κ1) is 19.5. The Kier molecular flexibility index (Phi) is 7.04. The van der Waals surface area contributed by atoms with Gasteiger partial charge in [-0.05, 0) is 29.3 Å². The first-order valence-electron chi connectivity index (χ1n) is 8.79. The van der Waals surface area contributed by atoms with Gasteiger partial charge in [-0.15, -0.1) is 0 Å². The van der Waals surface area contributed by atoms with Crippen molar-refractivity contribution in [2.75, 3.05) is 0 Å². The lowest BCUT2D eigenvalue weighted by Gasteiger charge is -2.16. The molecule has 0 atom stereocenters. The van der Waals surface area contributed by atoms with Crippen LogP contribution in [0.1, 0.15) is 11.1 Å². The van der Waals surface area contributed by atoms with Gasteiger partial charge in [0.15, 0.2) is 0 Å². The summed E-state index contributed by atoms with van der Waals surface area (Å²) in [5, 5.41) is 3.59. The van der Waals surface area contributed by atoms with Gasteiger partial charge in [-0.25, -0.2) is 4.79 Å². The van der Waals surface area contributed by atoms with Gasteiger partial charge in [0.2, 0.25) is 5.88 Å². The Morgan fingerprint density at radius 3 is 2.46 bits per heavy atom. The molecule has 2 heterocycles. The number of carbonyl (C=O) groups is 1. The molecule has 2 aliphatic heterocycles. The maximum absolute atomic E-state index is 12.6. The lowest BCUT2D eigenvalue weighted by molar-refractivity contribution is 0.124. The summed E-state index contributed by atoms with van der Waals surface area (Å²) in [6.45, 7) is 0.885. The van der Waals surface area contributed by atoms with E-state index >= 15 is 0 Å². The van der Waals surface area contributed by atoms with Gasteiger partial charge in [0.05, 0.1) is 12.7 Å². The average molecular weight is 394 g/mol. The van der Waals surface area contributed by atoms with Crippen molar-refractivity contribution >= 4 is 23.9 Å². The van der Waals surface area contributed by atoms with Crippen molar-refractivity contribution in [3.05, 3.63) is 107 Å². The zero-order valence-corrected chi connectivity index (χ0v) is 15.9. The number of amides is 1. The van der Waals surface area contributed by atoms with Crippen LogP contribution in [-0.4, -0.2) is 17.2 Å². The quantitative estimate of drug-likeness (QED) is 0.730. The van der Waals surface area contributed by atoms with Crippen LogP contribution in [0.15, 0.2) is 96.2 Å². The van der Waals surface area contributed by atoms with Gasteiger partial charge in [0, 0.05) is 24.0 Å². The first-order valence-corrected chi connectivity index (χ1v) is 9.16. The summed E-state index contributed by atoms with van der Waals surface area (Å²) in [5.74, 6) is 0.224. The zero-order chi connectivity index (χ0) is 19.6. The van der Waals surface area contributed by atoms with Crippen LogP contribution in [-0.2, 0) is 17.8 Å². The molecule has 0 saturated heterocycles. The third-order valence-electron chi connectivity index (χ3n) is 3.96. The second-order valence-electron chi connectivity index (χ2n) is 5.94. The van der Waals surface area contributed by atoms with Crippen LogP contribution in [0, 0.1) is 0 Å². The average Bonchev–Trinajstić information content (AvgIpc) is 3.12. The molecule has 0 fully saturated rings. The minimum Gasteiger partial charge on any atom is -0.391 e. The van der Waals surface area contributed by atoms with E-state index in [-0.39, 0.29) is 5.88 Å². The predicted octanol–water partition coefficient (Wildman–Crippen LogP) is 5.00. The molecule has 1 aromatic carbocycles. The zero-order valence-electron chi connectivity index (χ0n) is 15.2. The normalized spacial score (nSPS) is 16.2. The Morgan fingerprint density at radius 2 is 1.71 bits per heavy atom. The maximum Gasteiger partial charge on any atom is 0.417 e. The molecule has 0 spiro atoms. The fraction of sp³-hybridized carbons (Fsp3) is 0.0909. The van der Waals surface area contributed by atoms with Gasteiger partial charge in [-0.1, -0.05) is 66.3 Å². The smallest absolute Gasteiger partial charge is 0.391 e. The molecular formula is C22H20ClN3O2. The van der Waals surface area contributed by atoms with Gasteiger partial charge in [-0.2, -0.15) is 0 Å². The Hall–Kier alpha value is -3.31. The second-order valence-corrected chi connectivity index (χ2v) is 6.34. The molecule has 0 aliphatic carbocycles. The molecule has 0 unspecified atom stereocenters. The standard InChI is InChI=1S/C22H20ClN3O2/c23-20-12-10-11-18-16-26(17-19(18)20)22(27)28-21-15-24-13-8-6-4-2-1-3-5-7-9-14-25-21/h1-15,25H,16-17H2. The highest BCUT2D eigenvalue weighted by Crippen LogP contribution is 2.29. The van der Waals surface area contributed by atoms with E-state index in [1.165, 1.54) is 6.20 Å². The van der Waals surface area contributed by atoms with Gasteiger partial charge < -0.3 is 10.1 Å². The van der Waals surface area contributed by atoms with Gasteiger partial charge >= 0.3 is 6.09 Å². The highest BCUT2D eigenvalue weighted by atomic mass is 35.5. The topological polar surface area (TPSA) is 53.9 Å². The molecule has 0 radical (unpaired) electrons. The molecule has 0 bridgehead atoms. The molecule has 1 amide bonds. The molecule has 28 heavy (non-hydrogen) atoms. The highest BCUT2D eigenvalue weighted by Gasteiger charge is 2.26. The Balaban J connectivity index is 1.69. The number of allylic oxidation sites excluding steroid dienone is 9. The van der Waals surface area contributed by atoms with E-state index in [0.717, 1.165) is 11.1 Å². The number of nitrogens with one attached hydrogen (secondary N) is 1. The third-order valence-corrected chi connectivity index (χ3v) is 4.31. The van der Waals surface area contributed by atoms with Gasteiger partial charge in [-0.3, -0.25) is 9.89 Å². The number of hydrogen-bond acceptors (Lipinski definition) is 4. The van der Waals surface area contributed by atoms with Crippen LogP contribution < -0.4 is 5.32 Å². The van der Waals surface area contributed by atoms with Crippen LogP contribution in [0.3, 0.4) is 0 Å². The first-order chi connectivity index (χ1) is 13.7. The van der Waals surface area contributed by atoms with Crippen LogP contribution in [0.5, 0.6) is 0 Å². The maximum atomic E-state index is 12.6. The van der Waals surface area contributed by atoms with Crippen molar-refractivity contribution in [1.29, 1.82) is 0 Å². The monoisotopic (exact) mass is 393 g/mol. The van der Waals surface area contributed by atoms with E-state index in [4.69, 9.17) is 16.3 Å². The van der Waals surface area contributed by atoms with Crippen molar-refractivity contribution in [1.82, 2.24) is 10.2 Å². The van der Waals surface area contributed by atoms with Crippen molar-refractivity contribution < 1.29 is 9.53 Å². The number of hydrogen-bond donors (Lipinski definition) is 1. The fourth-order valence-electron chi connectivity index (χ4n) is 2.61. The minimum absolute atomic E-state index is 0.224. The molecule has 6 heteroatoms. The number of halogens is 1. The van der Waals surface area contributed by atoms with E-state index in [9.17, 15) is 4.79 Å². The number of carbonyl (C=O) groups excluding carboxylic acids is 1. The van der Waals surface area contributed by atoms with Crippen molar-refractivity contribution in [3.63, 3.8) is 0 Å².